The van der Waals surface area contributed by atoms with Gasteiger partial charge in [-0.15, -0.1) is 0 Å². The molecule has 0 aromatic heterocycles. The summed E-state index contributed by atoms with van der Waals surface area (Å²) in [4.78, 5) is 24.0. The molecule has 4 atom stereocenters. The maximum atomic E-state index is 12.1. The maximum Gasteiger partial charge on any atom is 0.258 e. The van der Waals surface area contributed by atoms with Gasteiger partial charge in [-0.2, -0.15) is 0 Å². The van der Waals surface area contributed by atoms with Crippen molar-refractivity contribution in [3.63, 3.8) is 0 Å². The minimum Gasteiger partial charge on any atom is -0.484 e. The van der Waals surface area contributed by atoms with E-state index in [4.69, 9.17) is 4.74 Å². The highest BCUT2D eigenvalue weighted by Crippen LogP contribution is 2.36. The Morgan fingerprint density at radius 2 is 2.08 bits per heavy atom. The van der Waals surface area contributed by atoms with Crippen LogP contribution in [0.5, 0.6) is 5.75 Å². The summed E-state index contributed by atoms with van der Waals surface area (Å²) < 4.78 is 5.49. The molecule has 130 valence electrons. The average molecular weight is 330 g/mol. The van der Waals surface area contributed by atoms with Gasteiger partial charge < -0.3 is 15.4 Å². The van der Waals surface area contributed by atoms with Crippen LogP contribution in [0.15, 0.2) is 30.3 Å². The monoisotopic (exact) mass is 330 g/mol. The Morgan fingerprint density at radius 3 is 2.83 bits per heavy atom. The molecule has 1 aromatic rings. The van der Waals surface area contributed by atoms with E-state index in [-0.39, 0.29) is 30.5 Å². The van der Waals surface area contributed by atoms with Crippen LogP contribution in [0.2, 0.25) is 0 Å². The first kappa shape index (κ1) is 16.8. The van der Waals surface area contributed by atoms with Crippen molar-refractivity contribution in [2.45, 2.75) is 51.1 Å². The summed E-state index contributed by atoms with van der Waals surface area (Å²) in [5.41, 5.74) is 0. The molecular weight excluding hydrogens is 304 g/mol. The summed E-state index contributed by atoms with van der Waals surface area (Å²) in [5, 5.41) is 6.18. The van der Waals surface area contributed by atoms with Crippen molar-refractivity contribution in [2.24, 2.45) is 11.8 Å². The number of para-hydroxylation sites is 1. The molecule has 5 nitrogen and oxygen atoms in total. The Morgan fingerprint density at radius 1 is 1.29 bits per heavy atom. The van der Waals surface area contributed by atoms with E-state index in [0.29, 0.717) is 24.0 Å². The standard InChI is InChI=1S/C19H26N2O3/c1-2-13-10-18(22)21-17-11-14(8-9-16(13)17)20-19(23)12-24-15-6-4-3-5-7-15/h3-7,13-14,16-17H,2,8-12H2,1H3,(H,20,23)(H,21,22). The molecular formula is C19H26N2O3. The number of nitrogens with one attached hydrogen (secondary N) is 2. The third-order valence-corrected chi connectivity index (χ3v) is 5.31. The second-order valence-corrected chi connectivity index (χ2v) is 6.89. The number of amides is 2. The van der Waals surface area contributed by atoms with Gasteiger partial charge >= 0.3 is 0 Å². The van der Waals surface area contributed by atoms with Crippen LogP contribution >= 0.6 is 0 Å². The van der Waals surface area contributed by atoms with Gasteiger partial charge in [0.1, 0.15) is 5.75 Å². The van der Waals surface area contributed by atoms with Crippen LogP contribution in [0.25, 0.3) is 0 Å². The third-order valence-electron chi connectivity index (χ3n) is 5.31. The molecule has 1 aliphatic heterocycles. The number of fused-ring (bicyclic) bond motifs is 1. The number of carbonyl (C=O) groups excluding carboxylic acids is 2. The summed E-state index contributed by atoms with van der Waals surface area (Å²) in [7, 11) is 0. The quantitative estimate of drug-likeness (QED) is 0.870. The number of ether oxygens (including phenoxy) is 1. The minimum absolute atomic E-state index is 0.0263. The van der Waals surface area contributed by atoms with E-state index in [0.717, 1.165) is 25.7 Å². The molecule has 1 saturated heterocycles. The van der Waals surface area contributed by atoms with E-state index >= 15 is 0 Å². The largest absolute Gasteiger partial charge is 0.484 e. The first-order chi connectivity index (χ1) is 11.7. The molecule has 4 unspecified atom stereocenters. The minimum atomic E-state index is -0.100. The Labute approximate surface area is 143 Å². The van der Waals surface area contributed by atoms with E-state index in [9.17, 15) is 9.59 Å². The molecule has 1 saturated carbocycles. The second-order valence-electron chi connectivity index (χ2n) is 6.89. The fraction of sp³-hybridized carbons (Fsp3) is 0.579. The van der Waals surface area contributed by atoms with Gasteiger partial charge in [-0.3, -0.25) is 9.59 Å². The highest BCUT2D eigenvalue weighted by Gasteiger charge is 2.40. The Hall–Kier alpha value is -2.04. The van der Waals surface area contributed by atoms with Gasteiger partial charge in [0, 0.05) is 18.5 Å². The molecule has 1 aromatic carbocycles. The molecule has 0 radical (unpaired) electrons. The highest BCUT2D eigenvalue weighted by atomic mass is 16.5. The van der Waals surface area contributed by atoms with Crippen molar-refractivity contribution in [2.75, 3.05) is 6.61 Å². The zero-order chi connectivity index (χ0) is 16.9. The second kappa shape index (κ2) is 7.69. The number of piperidine rings is 1. The number of rotatable bonds is 5. The van der Waals surface area contributed by atoms with Gasteiger partial charge in [-0.1, -0.05) is 31.5 Å². The molecule has 2 amide bonds. The van der Waals surface area contributed by atoms with Gasteiger partial charge in [-0.25, -0.2) is 0 Å². The van der Waals surface area contributed by atoms with Crippen LogP contribution in [0.3, 0.4) is 0 Å². The Bertz CT molecular complexity index is 575. The summed E-state index contributed by atoms with van der Waals surface area (Å²) in [6.07, 6.45) is 4.57. The van der Waals surface area contributed by atoms with Crippen molar-refractivity contribution in [3.05, 3.63) is 30.3 Å². The lowest BCUT2D eigenvalue weighted by Crippen LogP contribution is -2.55. The zero-order valence-corrected chi connectivity index (χ0v) is 14.2. The molecule has 1 heterocycles. The summed E-state index contributed by atoms with van der Waals surface area (Å²) >= 11 is 0. The van der Waals surface area contributed by atoms with Crippen molar-refractivity contribution >= 4 is 11.8 Å². The van der Waals surface area contributed by atoms with E-state index in [1.54, 1.807) is 0 Å². The molecule has 0 spiro atoms. The number of benzene rings is 1. The first-order valence-corrected chi connectivity index (χ1v) is 8.92. The lowest BCUT2D eigenvalue weighted by Gasteiger charge is -2.44. The van der Waals surface area contributed by atoms with Crippen LogP contribution < -0.4 is 15.4 Å². The smallest absolute Gasteiger partial charge is 0.258 e. The predicted molar refractivity (Wildman–Crippen MR) is 91.5 cm³/mol. The normalized spacial score (nSPS) is 29.3. The van der Waals surface area contributed by atoms with Crippen LogP contribution in [-0.2, 0) is 9.59 Å². The van der Waals surface area contributed by atoms with Gasteiger partial charge in [0.25, 0.3) is 5.91 Å². The van der Waals surface area contributed by atoms with Gasteiger partial charge in [-0.05, 0) is 43.2 Å². The third kappa shape index (κ3) is 4.08. The van der Waals surface area contributed by atoms with Gasteiger partial charge in [0.2, 0.25) is 5.91 Å². The van der Waals surface area contributed by atoms with Crippen molar-refractivity contribution in [3.8, 4) is 5.75 Å². The first-order valence-electron chi connectivity index (χ1n) is 8.92. The van der Waals surface area contributed by atoms with Gasteiger partial charge in [0.15, 0.2) is 6.61 Å². The van der Waals surface area contributed by atoms with E-state index < -0.39 is 0 Å². The van der Waals surface area contributed by atoms with Crippen LogP contribution in [0.1, 0.15) is 39.0 Å². The fourth-order valence-electron chi connectivity index (χ4n) is 4.09. The molecule has 2 N–H and O–H groups in total. The predicted octanol–water partition coefficient (Wildman–Crippen LogP) is 2.26. The van der Waals surface area contributed by atoms with Crippen molar-refractivity contribution < 1.29 is 14.3 Å². The average Bonchev–Trinajstić information content (AvgIpc) is 2.59. The number of carbonyl (C=O) groups is 2. The molecule has 2 aliphatic rings. The lowest BCUT2D eigenvalue weighted by molar-refractivity contribution is -0.127. The highest BCUT2D eigenvalue weighted by molar-refractivity contribution is 5.78. The van der Waals surface area contributed by atoms with E-state index in [1.165, 1.54) is 0 Å². The number of hydrogen-bond donors (Lipinski definition) is 2. The molecule has 3 rings (SSSR count). The molecule has 1 aliphatic carbocycles. The van der Waals surface area contributed by atoms with E-state index in [2.05, 4.69) is 17.6 Å². The Balaban J connectivity index is 1.48. The Kier molecular flexibility index (Phi) is 5.38. The molecule has 5 heteroatoms. The lowest BCUT2D eigenvalue weighted by atomic mass is 9.70. The van der Waals surface area contributed by atoms with Crippen molar-refractivity contribution in [1.82, 2.24) is 10.6 Å². The fourth-order valence-corrected chi connectivity index (χ4v) is 4.09. The summed E-state index contributed by atoms with van der Waals surface area (Å²) in [6, 6.07) is 9.66. The topological polar surface area (TPSA) is 67.4 Å². The zero-order valence-electron chi connectivity index (χ0n) is 14.2. The van der Waals surface area contributed by atoms with Crippen LogP contribution in [-0.4, -0.2) is 30.5 Å². The summed E-state index contributed by atoms with van der Waals surface area (Å²) in [5.74, 6) is 1.80. The molecule has 2 fully saturated rings. The number of hydrogen-bond acceptors (Lipinski definition) is 3. The van der Waals surface area contributed by atoms with Crippen LogP contribution in [0.4, 0.5) is 0 Å². The maximum absolute atomic E-state index is 12.1. The SMILES string of the molecule is CCC1CC(=O)NC2CC(NC(=O)COc3ccccc3)CCC12. The van der Waals surface area contributed by atoms with Crippen molar-refractivity contribution in [1.29, 1.82) is 0 Å². The van der Waals surface area contributed by atoms with Crippen LogP contribution in [0, 0.1) is 11.8 Å². The molecule has 0 bridgehead atoms. The molecule has 24 heavy (non-hydrogen) atoms. The summed E-state index contributed by atoms with van der Waals surface area (Å²) in [6.45, 7) is 2.19. The van der Waals surface area contributed by atoms with Gasteiger partial charge in [0.05, 0.1) is 0 Å². The van der Waals surface area contributed by atoms with E-state index in [1.807, 2.05) is 30.3 Å².